The minimum atomic E-state index is -4.95. The number of phosphoric acid groups is 2. The van der Waals surface area contributed by atoms with E-state index in [4.69, 9.17) is 37.0 Å². The summed E-state index contributed by atoms with van der Waals surface area (Å²) in [5, 5.41) is 10.5. The summed E-state index contributed by atoms with van der Waals surface area (Å²) >= 11 is 0. The second-order valence-electron chi connectivity index (χ2n) is 24.9. The summed E-state index contributed by atoms with van der Waals surface area (Å²) in [6, 6.07) is 0. The zero-order chi connectivity index (χ0) is 63.6. The average Bonchev–Trinajstić information content (AvgIpc) is 3.66. The SMILES string of the molecule is CCCCCCCCCCCC(=O)O[C@H](COC(=O)CCCCCCCCCC)COP(=O)(O)OC[C@H](O)COP(=O)(O)OC[C@@H](COC(=O)CCCCCCCCCCC(C)C)OC(=O)CCCCCCCCCCCCCCCCC(C)CC. The Labute approximate surface area is 524 Å². The topological polar surface area (TPSA) is 237 Å². The van der Waals surface area contributed by atoms with E-state index in [2.05, 4.69) is 41.5 Å². The molecule has 0 aromatic rings. The highest BCUT2D eigenvalue weighted by Gasteiger charge is 2.30. The van der Waals surface area contributed by atoms with Gasteiger partial charge < -0.3 is 33.8 Å². The summed E-state index contributed by atoms with van der Waals surface area (Å²) in [6.45, 7) is 9.50. The van der Waals surface area contributed by atoms with Gasteiger partial charge in [0, 0.05) is 25.7 Å². The van der Waals surface area contributed by atoms with Crippen LogP contribution in [0, 0.1) is 11.8 Å². The molecule has 0 aliphatic carbocycles. The lowest BCUT2D eigenvalue weighted by Crippen LogP contribution is -2.30. The molecule has 0 amide bonds. The molecule has 0 fully saturated rings. The van der Waals surface area contributed by atoms with E-state index in [1.54, 1.807) is 0 Å². The quantitative estimate of drug-likeness (QED) is 0.0222. The third-order valence-electron chi connectivity index (χ3n) is 15.8. The largest absolute Gasteiger partial charge is 0.472 e. The van der Waals surface area contributed by atoms with Crippen molar-refractivity contribution in [2.45, 2.75) is 355 Å². The Hall–Kier alpha value is -1.94. The van der Waals surface area contributed by atoms with Gasteiger partial charge in [-0.1, -0.05) is 286 Å². The number of phosphoric ester groups is 2. The van der Waals surface area contributed by atoms with Crippen molar-refractivity contribution in [2.75, 3.05) is 39.6 Å². The number of carbonyl (C=O) groups is 4. The fourth-order valence-corrected chi connectivity index (χ4v) is 11.6. The highest BCUT2D eigenvalue weighted by molar-refractivity contribution is 7.47. The molecule has 19 heteroatoms. The number of aliphatic hydroxyl groups excluding tert-OH is 1. The lowest BCUT2D eigenvalue weighted by atomic mass is 9.99. The van der Waals surface area contributed by atoms with Crippen LogP contribution in [-0.2, 0) is 65.4 Å². The van der Waals surface area contributed by atoms with E-state index in [0.29, 0.717) is 25.7 Å². The van der Waals surface area contributed by atoms with Crippen LogP contribution in [0.5, 0.6) is 0 Å². The molecule has 0 spiro atoms. The van der Waals surface area contributed by atoms with E-state index in [-0.39, 0.29) is 25.7 Å². The molecule has 0 aromatic heterocycles. The predicted octanol–water partition coefficient (Wildman–Crippen LogP) is 18.8. The molecule has 3 unspecified atom stereocenters. The summed E-state index contributed by atoms with van der Waals surface area (Å²) in [5.41, 5.74) is 0. The molecule has 0 heterocycles. The van der Waals surface area contributed by atoms with E-state index in [1.165, 1.54) is 148 Å². The lowest BCUT2D eigenvalue weighted by Gasteiger charge is -2.21. The first-order valence-corrected chi connectivity index (χ1v) is 38.0. The van der Waals surface area contributed by atoms with Gasteiger partial charge >= 0.3 is 39.5 Å². The summed E-state index contributed by atoms with van der Waals surface area (Å²) in [6.07, 6.45) is 43.1. The Bertz CT molecular complexity index is 1690. The average molecular weight is 1270 g/mol. The molecule has 0 rings (SSSR count). The number of carbonyl (C=O) groups excluding carboxylic acids is 4. The molecule has 510 valence electrons. The second-order valence-corrected chi connectivity index (χ2v) is 27.8. The predicted molar refractivity (Wildman–Crippen MR) is 345 cm³/mol. The van der Waals surface area contributed by atoms with Gasteiger partial charge in [0.15, 0.2) is 12.2 Å². The van der Waals surface area contributed by atoms with Crippen molar-refractivity contribution >= 4 is 39.5 Å². The number of esters is 4. The molecule has 0 saturated heterocycles. The van der Waals surface area contributed by atoms with Gasteiger partial charge in [0.05, 0.1) is 26.4 Å². The molecule has 17 nitrogen and oxygen atoms in total. The van der Waals surface area contributed by atoms with Gasteiger partial charge in [-0.15, -0.1) is 0 Å². The molecule has 0 radical (unpaired) electrons. The second kappa shape index (κ2) is 59.4. The maximum absolute atomic E-state index is 13.0. The number of ether oxygens (including phenoxy) is 4. The fourth-order valence-electron chi connectivity index (χ4n) is 10.0. The van der Waals surface area contributed by atoms with E-state index < -0.39 is 97.5 Å². The van der Waals surface area contributed by atoms with Crippen LogP contribution in [0.4, 0.5) is 0 Å². The number of aliphatic hydroxyl groups is 1. The smallest absolute Gasteiger partial charge is 0.462 e. The maximum atomic E-state index is 13.0. The molecule has 0 aliphatic heterocycles. The Balaban J connectivity index is 5.18. The molecule has 3 N–H and O–H groups in total. The first-order chi connectivity index (χ1) is 41.4. The van der Waals surface area contributed by atoms with Crippen LogP contribution in [0.25, 0.3) is 0 Å². The van der Waals surface area contributed by atoms with Gasteiger partial charge in [-0.05, 0) is 37.5 Å². The number of rotatable bonds is 66. The van der Waals surface area contributed by atoms with Gasteiger partial charge in [-0.3, -0.25) is 37.3 Å². The molecule has 6 atom stereocenters. The van der Waals surface area contributed by atoms with Crippen molar-refractivity contribution in [3.63, 3.8) is 0 Å². The fraction of sp³-hybridized carbons (Fsp3) is 0.940. The lowest BCUT2D eigenvalue weighted by molar-refractivity contribution is -0.161. The molecule has 0 bridgehead atoms. The first-order valence-electron chi connectivity index (χ1n) is 35.0. The highest BCUT2D eigenvalue weighted by Crippen LogP contribution is 2.45. The molecular weight excluding hydrogens is 1140 g/mol. The van der Waals surface area contributed by atoms with E-state index in [0.717, 1.165) is 108 Å². The summed E-state index contributed by atoms with van der Waals surface area (Å²) in [7, 11) is -9.89. The Morgan fingerprint density at radius 3 is 0.884 bits per heavy atom. The Morgan fingerprint density at radius 2 is 0.593 bits per heavy atom. The van der Waals surface area contributed by atoms with Crippen LogP contribution in [0.1, 0.15) is 337 Å². The third kappa shape index (κ3) is 59.7. The van der Waals surface area contributed by atoms with Crippen molar-refractivity contribution in [1.29, 1.82) is 0 Å². The van der Waals surface area contributed by atoms with E-state index in [9.17, 15) is 43.2 Å². The van der Waals surface area contributed by atoms with E-state index in [1.807, 2.05) is 0 Å². The highest BCUT2D eigenvalue weighted by atomic mass is 31.2. The summed E-state index contributed by atoms with van der Waals surface area (Å²) in [4.78, 5) is 72.2. The number of hydrogen-bond donors (Lipinski definition) is 3. The Kier molecular flexibility index (Phi) is 58.0. The third-order valence-corrected chi connectivity index (χ3v) is 17.7. The zero-order valence-electron chi connectivity index (χ0n) is 55.6. The van der Waals surface area contributed by atoms with Crippen LogP contribution in [-0.4, -0.2) is 96.7 Å². The summed E-state index contributed by atoms with van der Waals surface area (Å²) in [5.74, 6) is -0.561. The minimum absolute atomic E-state index is 0.105. The van der Waals surface area contributed by atoms with Crippen LogP contribution < -0.4 is 0 Å². The van der Waals surface area contributed by atoms with Gasteiger partial charge in [-0.25, -0.2) is 9.13 Å². The monoisotopic (exact) mass is 1270 g/mol. The van der Waals surface area contributed by atoms with Crippen LogP contribution in [0.2, 0.25) is 0 Å². The molecule has 0 saturated carbocycles. The van der Waals surface area contributed by atoms with Crippen molar-refractivity contribution < 1.29 is 80.2 Å². The molecule has 0 aromatic carbocycles. The zero-order valence-corrected chi connectivity index (χ0v) is 57.4. The minimum Gasteiger partial charge on any atom is -0.462 e. The number of hydrogen-bond acceptors (Lipinski definition) is 15. The van der Waals surface area contributed by atoms with Gasteiger partial charge in [0.25, 0.3) is 0 Å². The van der Waals surface area contributed by atoms with Crippen molar-refractivity contribution in [3.05, 3.63) is 0 Å². The first kappa shape index (κ1) is 84.1. The normalized spacial score (nSPS) is 14.5. The van der Waals surface area contributed by atoms with Crippen molar-refractivity contribution in [1.82, 2.24) is 0 Å². The molecular formula is C67H130O17P2. The maximum Gasteiger partial charge on any atom is 0.472 e. The van der Waals surface area contributed by atoms with Crippen LogP contribution in [0.15, 0.2) is 0 Å². The summed E-state index contributed by atoms with van der Waals surface area (Å²) < 4.78 is 68.0. The van der Waals surface area contributed by atoms with Crippen molar-refractivity contribution in [2.24, 2.45) is 11.8 Å². The van der Waals surface area contributed by atoms with Crippen LogP contribution in [0.3, 0.4) is 0 Å². The standard InChI is InChI=1S/C67H130O17P2/c1-7-10-12-14-16-24-33-39-45-51-66(71)83-62(55-77-64(69)49-43-37-31-17-15-13-11-8-2)57-81-85(73,74)79-53-61(68)54-80-86(75,76)82-58-63(56-78-65(70)50-44-38-32-28-27-29-35-41-47-59(4)5)84-67(72)52-46-40-34-26-23-21-19-18-20-22-25-30-36-42-48-60(6)9-3/h59-63,68H,7-58H2,1-6H3,(H,73,74)(H,75,76)/t60?,61-,62+,63+/m0/s1. The van der Waals surface area contributed by atoms with Crippen LogP contribution >= 0.6 is 15.6 Å². The van der Waals surface area contributed by atoms with Gasteiger partial charge in [-0.2, -0.15) is 0 Å². The number of unbranched alkanes of at least 4 members (excludes halogenated alkanes) is 35. The Morgan fingerprint density at radius 1 is 0.337 bits per heavy atom. The van der Waals surface area contributed by atoms with Crippen molar-refractivity contribution in [3.8, 4) is 0 Å². The van der Waals surface area contributed by atoms with Gasteiger partial charge in [0.2, 0.25) is 0 Å². The van der Waals surface area contributed by atoms with Gasteiger partial charge in [0.1, 0.15) is 19.3 Å². The molecule has 86 heavy (non-hydrogen) atoms. The van der Waals surface area contributed by atoms with E-state index >= 15 is 0 Å². The molecule has 0 aliphatic rings.